The molecule has 0 fully saturated rings. The van der Waals surface area contributed by atoms with Crippen LogP contribution in [0.5, 0.6) is 5.75 Å². The molecule has 2 rings (SSSR count). The van der Waals surface area contributed by atoms with Crippen LogP contribution in [0.25, 0.3) is 0 Å². The van der Waals surface area contributed by atoms with Gasteiger partial charge in [0.15, 0.2) is 5.96 Å². The van der Waals surface area contributed by atoms with Crippen LogP contribution in [0.1, 0.15) is 16.7 Å². The third-order valence-electron chi connectivity index (χ3n) is 3.91. The van der Waals surface area contributed by atoms with Crippen LogP contribution in [-0.4, -0.2) is 38.6 Å². The summed E-state index contributed by atoms with van der Waals surface area (Å²) < 4.78 is 19.2. The van der Waals surface area contributed by atoms with Gasteiger partial charge < -0.3 is 20.7 Å². The van der Waals surface area contributed by atoms with Gasteiger partial charge in [0.2, 0.25) is 0 Å². The molecule has 26 heavy (non-hydrogen) atoms. The number of guanidine groups is 1. The van der Waals surface area contributed by atoms with Crippen LogP contribution in [0.15, 0.2) is 47.5 Å². The maximum Gasteiger partial charge on any atom is 0.188 e. The van der Waals surface area contributed by atoms with Crippen molar-refractivity contribution < 1.29 is 9.13 Å². The highest BCUT2D eigenvalue weighted by Crippen LogP contribution is 2.13. The minimum Gasteiger partial charge on any atom is -0.497 e. The first-order valence-corrected chi connectivity index (χ1v) is 8.56. The number of methoxy groups -OCH3 is 1. The normalized spacial score (nSPS) is 11.7. The molecule has 3 N–H and O–H groups in total. The Morgan fingerprint density at radius 2 is 1.85 bits per heavy atom. The number of ether oxygens (including phenoxy) is 1. The topological polar surface area (TPSA) is 62.9 Å². The molecule has 0 bridgehead atoms. The predicted octanol–water partition coefficient (Wildman–Crippen LogP) is 2.54. The minimum absolute atomic E-state index is 0.211. The first-order chi connectivity index (χ1) is 12.5. The zero-order valence-electron chi connectivity index (χ0n) is 15.6. The van der Waals surface area contributed by atoms with E-state index >= 15 is 0 Å². The number of rotatable bonds is 8. The van der Waals surface area contributed by atoms with Gasteiger partial charge in [-0.05, 0) is 49.8 Å². The number of hydrogen-bond donors (Lipinski definition) is 2. The van der Waals surface area contributed by atoms with Crippen LogP contribution < -0.4 is 15.8 Å². The number of nitrogens with two attached hydrogens (primary N) is 1. The van der Waals surface area contributed by atoms with E-state index in [-0.39, 0.29) is 5.82 Å². The van der Waals surface area contributed by atoms with Gasteiger partial charge in [-0.1, -0.05) is 24.3 Å². The summed E-state index contributed by atoms with van der Waals surface area (Å²) in [6.45, 7) is 1.60. The molecule has 2 aromatic rings. The average Bonchev–Trinajstić information content (AvgIpc) is 2.62. The van der Waals surface area contributed by atoms with Crippen LogP contribution in [-0.2, 0) is 19.5 Å². The number of aliphatic imine (C=N–C) groups is 1. The quantitative estimate of drug-likeness (QED) is 0.562. The van der Waals surface area contributed by atoms with Crippen LogP contribution >= 0.6 is 0 Å². The summed E-state index contributed by atoms with van der Waals surface area (Å²) in [4.78, 5) is 6.20. The first kappa shape index (κ1) is 19.7. The van der Waals surface area contributed by atoms with Gasteiger partial charge in [0.05, 0.1) is 13.7 Å². The fourth-order valence-electron chi connectivity index (χ4n) is 2.52. The number of benzene rings is 2. The molecule has 6 heteroatoms. The second-order valence-corrected chi connectivity index (χ2v) is 6.39. The highest BCUT2D eigenvalue weighted by molar-refractivity contribution is 5.77. The molecule has 0 unspecified atom stereocenters. The second kappa shape index (κ2) is 9.77. The lowest BCUT2D eigenvalue weighted by Crippen LogP contribution is -2.33. The lowest BCUT2D eigenvalue weighted by Gasteiger charge is -2.11. The lowest BCUT2D eigenvalue weighted by molar-refractivity contribution is 0.392. The Labute approximate surface area is 154 Å². The Hall–Kier alpha value is -2.60. The molecule has 0 saturated heterocycles. The maximum absolute atomic E-state index is 14.0. The van der Waals surface area contributed by atoms with Gasteiger partial charge in [0.25, 0.3) is 0 Å². The summed E-state index contributed by atoms with van der Waals surface area (Å²) in [7, 11) is 5.47. The third-order valence-corrected chi connectivity index (χ3v) is 3.91. The molecule has 0 atom stereocenters. The van der Waals surface area contributed by atoms with E-state index in [9.17, 15) is 4.39 Å². The summed E-state index contributed by atoms with van der Waals surface area (Å²) in [6, 6.07) is 13.1. The maximum atomic E-state index is 14.0. The van der Waals surface area contributed by atoms with E-state index in [1.54, 1.807) is 13.2 Å². The van der Waals surface area contributed by atoms with Gasteiger partial charge in [-0.25, -0.2) is 9.38 Å². The monoisotopic (exact) mass is 358 g/mol. The summed E-state index contributed by atoms with van der Waals surface area (Å²) in [5.74, 6) is 0.986. The number of nitrogens with one attached hydrogen (secondary N) is 1. The predicted molar refractivity (Wildman–Crippen MR) is 104 cm³/mol. The summed E-state index contributed by atoms with van der Waals surface area (Å²) in [6.07, 6.45) is 0.827. The minimum atomic E-state index is -0.211. The van der Waals surface area contributed by atoms with Crippen molar-refractivity contribution >= 4 is 5.96 Å². The second-order valence-electron chi connectivity index (χ2n) is 6.39. The van der Waals surface area contributed by atoms with E-state index in [1.807, 2.05) is 49.3 Å². The van der Waals surface area contributed by atoms with Crippen molar-refractivity contribution in [3.63, 3.8) is 0 Å². The van der Waals surface area contributed by atoms with Crippen molar-refractivity contribution in [1.29, 1.82) is 0 Å². The van der Waals surface area contributed by atoms with Gasteiger partial charge in [0.1, 0.15) is 11.6 Å². The molecular weight excluding hydrogens is 331 g/mol. The molecule has 5 nitrogen and oxygen atoms in total. The van der Waals surface area contributed by atoms with E-state index in [4.69, 9.17) is 10.5 Å². The molecule has 0 amide bonds. The SMILES string of the molecule is COc1ccc(CCNC(N)=NCc2ccc(CN(C)C)c(F)c2)cc1. The van der Waals surface area contributed by atoms with Crippen LogP contribution in [0.3, 0.4) is 0 Å². The van der Waals surface area contributed by atoms with Crippen LogP contribution in [0, 0.1) is 5.82 Å². The Morgan fingerprint density at radius 3 is 2.46 bits per heavy atom. The fraction of sp³-hybridized carbons (Fsp3) is 0.350. The number of hydrogen-bond acceptors (Lipinski definition) is 3. The van der Waals surface area contributed by atoms with Crippen molar-refractivity contribution in [3.8, 4) is 5.75 Å². The van der Waals surface area contributed by atoms with Crippen molar-refractivity contribution in [2.24, 2.45) is 10.7 Å². The van der Waals surface area contributed by atoms with Gasteiger partial charge in [-0.3, -0.25) is 0 Å². The zero-order chi connectivity index (χ0) is 18.9. The summed E-state index contributed by atoms with van der Waals surface area (Å²) >= 11 is 0. The number of halogens is 1. The van der Waals surface area contributed by atoms with Gasteiger partial charge in [-0.2, -0.15) is 0 Å². The lowest BCUT2D eigenvalue weighted by atomic mass is 10.1. The van der Waals surface area contributed by atoms with Crippen molar-refractivity contribution in [1.82, 2.24) is 10.2 Å². The van der Waals surface area contributed by atoms with Gasteiger partial charge in [-0.15, -0.1) is 0 Å². The zero-order valence-corrected chi connectivity index (χ0v) is 15.6. The molecule has 0 saturated carbocycles. The van der Waals surface area contributed by atoms with Crippen LogP contribution in [0.2, 0.25) is 0 Å². The number of nitrogens with zero attached hydrogens (tertiary/aromatic N) is 2. The van der Waals surface area contributed by atoms with Crippen molar-refractivity contribution in [3.05, 3.63) is 65.0 Å². The van der Waals surface area contributed by atoms with Crippen molar-refractivity contribution in [2.75, 3.05) is 27.7 Å². The first-order valence-electron chi connectivity index (χ1n) is 8.56. The summed E-state index contributed by atoms with van der Waals surface area (Å²) in [5, 5.41) is 3.08. The van der Waals surface area contributed by atoms with E-state index < -0.39 is 0 Å². The van der Waals surface area contributed by atoms with Crippen LogP contribution in [0.4, 0.5) is 4.39 Å². The molecule has 0 aromatic heterocycles. The van der Waals surface area contributed by atoms with E-state index in [2.05, 4.69) is 10.3 Å². The Balaban J connectivity index is 1.81. The Bertz CT molecular complexity index is 729. The van der Waals surface area contributed by atoms with Gasteiger partial charge in [0, 0.05) is 18.7 Å². The standard InChI is InChI=1S/C20H27FN4O/c1-25(2)14-17-7-4-16(12-19(17)21)13-24-20(22)23-11-10-15-5-8-18(26-3)9-6-15/h4-9,12H,10-11,13-14H2,1-3H3,(H3,22,23,24). The molecular formula is C20H27FN4O. The molecule has 0 spiro atoms. The molecule has 2 aromatic carbocycles. The molecule has 140 valence electrons. The molecule has 0 aliphatic carbocycles. The highest BCUT2D eigenvalue weighted by Gasteiger charge is 2.05. The molecule has 0 radical (unpaired) electrons. The summed E-state index contributed by atoms with van der Waals surface area (Å²) in [5.41, 5.74) is 8.54. The Morgan fingerprint density at radius 1 is 1.15 bits per heavy atom. The Kier molecular flexibility index (Phi) is 7.41. The highest BCUT2D eigenvalue weighted by atomic mass is 19.1. The molecule has 0 heterocycles. The largest absolute Gasteiger partial charge is 0.497 e. The smallest absolute Gasteiger partial charge is 0.188 e. The average molecular weight is 358 g/mol. The van der Waals surface area contributed by atoms with E-state index in [0.717, 1.165) is 17.7 Å². The third kappa shape index (κ3) is 6.37. The van der Waals surface area contributed by atoms with E-state index in [0.29, 0.717) is 31.2 Å². The van der Waals surface area contributed by atoms with E-state index in [1.165, 1.54) is 11.6 Å². The van der Waals surface area contributed by atoms with Crippen molar-refractivity contribution in [2.45, 2.75) is 19.5 Å². The fourth-order valence-corrected chi connectivity index (χ4v) is 2.52. The molecule has 0 aliphatic rings. The van der Waals surface area contributed by atoms with Gasteiger partial charge >= 0.3 is 0 Å². The molecule has 0 aliphatic heterocycles.